The molecule has 0 saturated carbocycles. The molecule has 2 fully saturated rings. The Morgan fingerprint density at radius 2 is 1.87 bits per heavy atom. The van der Waals surface area contributed by atoms with Crippen molar-refractivity contribution >= 4 is 0 Å². The van der Waals surface area contributed by atoms with Crippen LogP contribution in [0.5, 0.6) is 0 Å². The number of hydrogen-bond donors (Lipinski definition) is 2. The lowest BCUT2D eigenvalue weighted by Gasteiger charge is -2.49. The van der Waals surface area contributed by atoms with Crippen LogP contribution < -0.4 is 5.32 Å². The highest BCUT2D eigenvalue weighted by Gasteiger charge is 2.39. The summed E-state index contributed by atoms with van der Waals surface area (Å²) in [6, 6.07) is 0.670. The van der Waals surface area contributed by atoms with Crippen LogP contribution in [0.2, 0.25) is 0 Å². The van der Waals surface area contributed by atoms with Crippen LogP contribution in [0.15, 0.2) is 0 Å². The minimum Gasteiger partial charge on any atom is -0.396 e. The summed E-state index contributed by atoms with van der Waals surface area (Å²) in [5.41, 5.74) is 0. The van der Waals surface area contributed by atoms with Gasteiger partial charge in [0.15, 0.2) is 0 Å². The van der Waals surface area contributed by atoms with E-state index in [1.54, 1.807) is 0 Å². The van der Waals surface area contributed by atoms with Crippen LogP contribution in [-0.4, -0.2) is 48.8 Å². The van der Waals surface area contributed by atoms with Crippen molar-refractivity contribution in [3.8, 4) is 0 Å². The van der Waals surface area contributed by atoms with Crippen molar-refractivity contribution in [2.75, 3.05) is 32.8 Å². The van der Waals surface area contributed by atoms with Gasteiger partial charge < -0.3 is 15.3 Å². The molecule has 2 atom stereocenters. The number of nitrogens with one attached hydrogen (secondary N) is 1. The zero-order valence-corrected chi connectivity index (χ0v) is 9.95. The average molecular weight is 212 g/mol. The molecule has 3 nitrogen and oxygen atoms in total. The monoisotopic (exact) mass is 212 g/mol. The lowest BCUT2D eigenvalue weighted by molar-refractivity contribution is 0.00743. The fourth-order valence-corrected chi connectivity index (χ4v) is 3.26. The third-order valence-corrected chi connectivity index (χ3v) is 4.15. The zero-order chi connectivity index (χ0) is 10.8. The molecule has 0 aromatic carbocycles. The molecular weight excluding hydrogens is 188 g/mol. The molecule has 2 saturated heterocycles. The van der Waals surface area contributed by atoms with Gasteiger partial charge in [-0.2, -0.15) is 0 Å². The normalized spacial score (nSPS) is 37.2. The molecule has 0 spiro atoms. The van der Waals surface area contributed by atoms with Crippen LogP contribution in [0, 0.1) is 17.8 Å². The minimum atomic E-state index is 0.360. The maximum Gasteiger partial charge on any atom is 0.0433 e. The largest absolute Gasteiger partial charge is 0.396 e. The Morgan fingerprint density at radius 3 is 2.33 bits per heavy atom. The van der Waals surface area contributed by atoms with E-state index in [-0.39, 0.29) is 0 Å². The zero-order valence-electron chi connectivity index (χ0n) is 9.95. The molecule has 2 heterocycles. The number of rotatable bonds is 3. The second-order valence-electron chi connectivity index (χ2n) is 5.40. The second kappa shape index (κ2) is 4.81. The molecule has 88 valence electrons. The molecule has 0 aliphatic carbocycles. The second-order valence-corrected chi connectivity index (χ2v) is 5.40. The van der Waals surface area contributed by atoms with E-state index in [9.17, 15) is 0 Å². The molecule has 3 heteroatoms. The fourth-order valence-electron chi connectivity index (χ4n) is 3.26. The molecule has 2 N–H and O–H groups in total. The highest BCUT2D eigenvalue weighted by Crippen LogP contribution is 2.34. The van der Waals surface area contributed by atoms with E-state index < -0.39 is 0 Å². The summed E-state index contributed by atoms with van der Waals surface area (Å²) in [6.07, 6.45) is 1.00. The summed E-state index contributed by atoms with van der Waals surface area (Å²) in [4.78, 5) is 2.60. The summed E-state index contributed by atoms with van der Waals surface area (Å²) in [7, 11) is 0. The average Bonchev–Trinajstić information content (AvgIpc) is 2.17. The Hall–Kier alpha value is -0.120. The third-order valence-electron chi connectivity index (χ3n) is 4.15. The van der Waals surface area contributed by atoms with Crippen molar-refractivity contribution in [2.24, 2.45) is 17.8 Å². The van der Waals surface area contributed by atoms with Crippen molar-refractivity contribution < 1.29 is 5.11 Å². The Kier molecular flexibility index (Phi) is 3.65. The van der Waals surface area contributed by atoms with Gasteiger partial charge in [0.25, 0.3) is 0 Å². The van der Waals surface area contributed by atoms with E-state index in [0.29, 0.717) is 12.6 Å². The van der Waals surface area contributed by atoms with Crippen molar-refractivity contribution in [1.82, 2.24) is 10.2 Å². The van der Waals surface area contributed by atoms with Gasteiger partial charge in [0.05, 0.1) is 0 Å². The predicted octanol–water partition coefficient (Wildman–Crippen LogP) is 0.545. The summed E-state index contributed by atoms with van der Waals surface area (Å²) in [5, 5.41) is 12.6. The van der Waals surface area contributed by atoms with Crippen molar-refractivity contribution in [2.45, 2.75) is 26.3 Å². The molecular formula is C12H24N2O. The summed E-state index contributed by atoms with van der Waals surface area (Å²) in [6.45, 7) is 9.65. The lowest BCUT2D eigenvalue weighted by atomic mass is 9.73. The molecule has 0 radical (unpaired) electrons. The summed E-state index contributed by atoms with van der Waals surface area (Å²) >= 11 is 0. The van der Waals surface area contributed by atoms with Crippen LogP contribution in [0.4, 0.5) is 0 Å². The van der Waals surface area contributed by atoms with Gasteiger partial charge in [-0.1, -0.05) is 0 Å². The van der Waals surface area contributed by atoms with Crippen molar-refractivity contribution in [3.63, 3.8) is 0 Å². The molecule has 0 aromatic rings. The summed E-state index contributed by atoms with van der Waals surface area (Å²) in [5.74, 6) is 2.27. The Balaban J connectivity index is 2.01. The standard InChI is InChI=1S/C12H24N2O/c1-9(2)14-7-10-5-13-6-11(8-14)12(10)3-4-15/h9-13,15H,3-8H2,1-2H3. The number of likely N-dealkylation sites (tertiary alicyclic amines) is 1. The number of aliphatic hydroxyl groups is 1. The maximum atomic E-state index is 9.11. The van der Waals surface area contributed by atoms with E-state index in [1.165, 1.54) is 13.1 Å². The Bertz CT molecular complexity index is 194. The van der Waals surface area contributed by atoms with E-state index in [4.69, 9.17) is 5.11 Å². The third kappa shape index (κ3) is 2.35. The maximum absolute atomic E-state index is 9.11. The van der Waals surface area contributed by atoms with Gasteiger partial charge in [0, 0.05) is 25.7 Å². The number of hydrogen-bond acceptors (Lipinski definition) is 3. The molecule has 2 aliphatic rings. The Labute approximate surface area is 92.8 Å². The molecule has 0 amide bonds. The van der Waals surface area contributed by atoms with Gasteiger partial charge >= 0.3 is 0 Å². The van der Waals surface area contributed by atoms with Crippen LogP contribution in [0.25, 0.3) is 0 Å². The highest BCUT2D eigenvalue weighted by atomic mass is 16.3. The van der Waals surface area contributed by atoms with Gasteiger partial charge in [0.2, 0.25) is 0 Å². The minimum absolute atomic E-state index is 0.360. The molecule has 15 heavy (non-hydrogen) atoms. The van der Waals surface area contributed by atoms with E-state index >= 15 is 0 Å². The van der Waals surface area contributed by atoms with Gasteiger partial charge in [0.1, 0.15) is 0 Å². The number of fused-ring (bicyclic) bond motifs is 2. The number of piperidine rings is 2. The first-order chi connectivity index (χ1) is 7.22. The van der Waals surface area contributed by atoms with Crippen molar-refractivity contribution in [3.05, 3.63) is 0 Å². The van der Waals surface area contributed by atoms with Crippen LogP contribution in [0.3, 0.4) is 0 Å². The lowest BCUT2D eigenvalue weighted by Crippen LogP contribution is -2.57. The van der Waals surface area contributed by atoms with E-state index in [2.05, 4.69) is 24.1 Å². The topological polar surface area (TPSA) is 35.5 Å². The number of aliphatic hydroxyl groups excluding tert-OH is 1. The quantitative estimate of drug-likeness (QED) is 0.717. The highest BCUT2D eigenvalue weighted by molar-refractivity contribution is 4.93. The molecule has 0 aromatic heterocycles. The van der Waals surface area contributed by atoms with Gasteiger partial charge in [-0.15, -0.1) is 0 Å². The van der Waals surface area contributed by atoms with Gasteiger partial charge in [-0.25, -0.2) is 0 Å². The van der Waals surface area contributed by atoms with Crippen molar-refractivity contribution in [1.29, 1.82) is 0 Å². The summed E-state index contributed by atoms with van der Waals surface area (Å²) < 4.78 is 0. The smallest absolute Gasteiger partial charge is 0.0433 e. The van der Waals surface area contributed by atoms with Crippen LogP contribution in [0.1, 0.15) is 20.3 Å². The van der Waals surface area contributed by atoms with E-state index in [1.807, 2.05) is 0 Å². The fraction of sp³-hybridized carbons (Fsp3) is 1.00. The van der Waals surface area contributed by atoms with E-state index in [0.717, 1.165) is 37.3 Å². The molecule has 2 rings (SSSR count). The first-order valence-electron chi connectivity index (χ1n) is 6.28. The first-order valence-corrected chi connectivity index (χ1v) is 6.28. The molecule has 2 bridgehead atoms. The molecule has 2 unspecified atom stereocenters. The number of nitrogens with zero attached hydrogens (tertiary/aromatic N) is 1. The van der Waals surface area contributed by atoms with Gasteiger partial charge in [-0.3, -0.25) is 0 Å². The van der Waals surface area contributed by atoms with Crippen LogP contribution >= 0.6 is 0 Å². The first kappa shape index (κ1) is 11.4. The Morgan fingerprint density at radius 1 is 1.27 bits per heavy atom. The predicted molar refractivity (Wildman–Crippen MR) is 61.8 cm³/mol. The van der Waals surface area contributed by atoms with Gasteiger partial charge in [-0.05, 0) is 51.1 Å². The van der Waals surface area contributed by atoms with Crippen LogP contribution in [-0.2, 0) is 0 Å². The molecule has 2 aliphatic heterocycles. The SMILES string of the molecule is CC(C)N1CC2CNCC(C1)C2CCO.